The molecule has 0 aliphatic heterocycles. The Hall–Kier alpha value is -0.780. The molecule has 0 spiro atoms. The lowest BCUT2D eigenvalue weighted by atomic mass is 9.74. The fourth-order valence-electron chi connectivity index (χ4n) is 6.67. The van der Waals surface area contributed by atoms with Crippen LogP contribution in [0.15, 0.2) is 24.3 Å². The highest BCUT2D eigenvalue weighted by atomic mass is 14.3. The summed E-state index contributed by atoms with van der Waals surface area (Å²) in [4.78, 5) is 0. The molecular formula is C32H54. The van der Waals surface area contributed by atoms with Crippen molar-refractivity contribution in [2.75, 3.05) is 0 Å². The Morgan fingerprint density at radius 3 is 1.41 bits per heavy atom. The Labute approximate surface area is 201 Å². The monoisotopic (exact) mass is 438 g/mol. The number of rotatable bonds is 14. The summed E-state index contributed by atoms with van der Waals surface area (Å²) in [5.41, 5.74) is 3.12. The van der Waals surface area contributed by atoms with Gasteiger partial charge in [0.1, 0.15) is 0 Å². The first-order valence-corrected chi connectivity index (χ1v) is 14.8. The summed E-state index contributed by atoms with van der Waals surface area (Å²) in [7, 11) is 0. The molecule has 0 aromatic heterocycles. The van der Waals surface area contributed by atoms with Gasteiger partial charge in [0.05, 0.1) is 0 Å². The smallest absolute Gasteiger partial charge is 0.0276 e. The molecule has 1 aromatic carbocycles. The Bertz CT molecular complexity index is 569. The van der Waals surface area contributed by atoms with Gasteiger partial charge in [-0.05, 0) is 60.5 Å². The molecule has 0 heterocycles. The van der Waals surface area contributed by atoms with Gasteiger partial charge in [0, 0.05) is 0 Å². The van der Waals surface area contributed by atoms with E-state index in [1.807, 2.05) is 0 Å². The van der Waals surface area contributed by atoms with Crippen molar-refractivity contribution in [2.24, 2.45) is 23.7 Å². The van der Waals surface area contributed by atoms with Crippen molar-refractivity contribution in [1.29, 1.82) is 0 Å². The lowest BCUT2D eigenvalue weighted by Gasteiger charge is -2.32. The van der Waals surface area contributed by atoms with Gasteiger partial charge in [-0.25, -0.2) is 0 Å². The molecule has 0 amide bonds. The van der Waals surface area contributed by atoms with E-state index < -0.39 is 0 Å². The van der Waals surface area contributed by atoms with Gasteiger partial charge in [-0.2, -0.15) is 0 Å². The minimum absolute atomic E-state index is 0.994. The topological polar surface area (TPSA) is 0 Å². The lowest BCUT2D eigenvalue weighted by Crippen LogP contribution is -2.18. The van der Waals surface area contributed by atoms with Crippen molar-refractivity contribution in [2.45, 2.75) is 142 Å². The van der Waals surface area contributed by atoms with Gasteiger partial charge in [0.2, 0.25) is 0 Å². The van der Waals surface area contributed by atoms with Crippen LogP contribution in [-0.2, 0) is 12.8 Å². The van der Waals surface area contributed by atoms with Crippen molar-refractivity contribution in [1.82, 2.24) is 0 Å². The van der Waals surface area contributed by atoms with E-state index in [4.69, 9.17) is 0 Å². The predicted molar refractivity (Wildman–Crippen MR) is 142 cm³/mol. The summed E-state index contributed by atoms with van der Waals surface area (Å²) < 4.78 is 0. The zero-order chi connectivity index (χ0) is 22.4. The maximum Gasteiger partial charge on any atom is -0.0276 e. The molecule has 0 bridgehead atoms. The first-order valence-electron chi connectivity index (χ1n) is 14.8. The summed E-state index contributed by atoms with van der Waals surface area (Å²) in [5, 5.41) is 0. The van der Waals surface area contributed by atoms with E-state index in [0.29, 0.717) is 0 Å². The van der Waals surface area contributed by atoms with Crippen LogP contribution in [0.25, 0.3) is 0 Å². The fraction of sp³-hybridized carbons (Fsp3) is 0.812. The number of hydrogen-bond donors (Lipinski definition) is 0. The minimum Gasteiger partial charge on any atom is -0.0654 e. The standard InChI is InChI=1S/C32H54/c1-3-5-6-7-8-10-28-13-17-30(18-14-28)20-22-32-25-23-31(24-26-32)21-19-29-15-11-27(9-4-2)12-16-29/h13-14,17-18,27,29,31-32H,3-12,15-16,19-26H2,1-2H3. The lowest BCUT2D eigenvalue weighted by molar-refractivity contribution is 0.209. The van der Waals surface area contributed by atoms with Crippen LogP contribution in [-0.4, -0.2) is 0 Å². The number of hydrogen-bond acceptors (Lipinski definition) is 0. The van der Waals surface area contributed by atoms with Gasteiger partial charge >= 0.3 is 0 Å². The molecule has 0 atom stereocenters. The fourth-order valence-corrected chi connectivity index (χ4v) is 6.67. The molecule has 2 aliphatic carbocycles. The van der Waals surface area contributed by atoms with Crippen LogP contribution in [0.5, 0.6) is 0 Å². The van der Waals surface area contributed by atoms with Crippen LogP contribution in [0.3, 0.4) is 0 Å². The summed E-state index contributed by atoms with van der Waals surface area (Å²) in [6.45, 7) is 4.65. The zero-order valence-corrected chi connectivity index (χ0v) is 21.8. The van der Waals surface area contributed by atoms with Crippen LogP contribution in [0.1, 0.15) is 141 Å². The molecule has 0 radical (unpaired) electrons. The van der Waals surface area contributed by atoms with Crippen molar-refractivity contribution in [3.05, 3.63) is 35.4 Å². The van der Waals surface area contributed by atoms with E-state index >= 15 is 0 Å². The first kappa shape index (κ1) is 25.8. The van der Waals surface area contributed by atoms with Gasteiger partial charge in [-0.1, -0.05) is 141 Å². The summed E-state index contributed by atoms with van der Waals surface area (Å²) >= 11 is 0. The highest BCUT2D eigenvalue weighted by Gasteiger charge is 2.24. The molecule has 2 fully saturated rings. The Kier molecular flexibility index (Phi) is 12.3. The summed E-state index contributed by atoms with van der Waals surface area (Å²) in [6.07, 6.45) is 29.1. The van der Waals surface area contributed by atoms with Gasteiger partial charge < -0.3 is 0 Å². The minimum atomic E-state index is 0.994. The van der Waals surface area contributed by atoms with Gasteiger partial charge in [-0.15, -0.1) is 0 Å². The SMILES string of the molecule is CCCCCCCc1ccc(CCC2CCC(CCC3CCC(CCC)CC3)CC2)cc1. The number of benzene rings is 1. The van der Waals surface area contributed by atoms with Crippen LogP contribution in [0.2, 0.25) is 0 Å². The van der Waals surface area contributed by atoms with Crippen molar-refractivity contribution in [3.8, 4) is 0 Å². The van der Waals surface area contributed by atoms with E-state index in [2.05, 4.69) is 38.1 Å². The normalized spacial score (nSPS) is 26.3. The summed E-state index contributed by atoms with van der Waals surface area (Å²) in [5.74, 6) is 4.18. The molecule has 1 aromatic rings. The molecule has 2 saturated carbocycles. The quantitative estimate of drug-likeness (QED) is 0.253. The van der Waals surface area contributed by atoms with Crippen LogP contribution < -0.4 is 0 Å². The van der Waals surface area contributed by atoms with Crippen LogP contribution in [0.4, 0.5) is 0 Å². The van der Waals surface area contributed by atoms with E-state index in [-0.39, 0.29) is 0 Å². The second kappa shape index (κ2) is 15.2. The molecule has 0 nitrogen and oxygen atoms in total. The molecular weight excluding hydrogens is 384 g/mol. The van der Waals surface area contributed by atoms with Crippen molar-refractivity contribution >= 4 is 0 Å². The highest BCUT2D eigenvalue weighted by molar-refractivity contribution is 5.22. The molecule has 0 unspecified atom stereocenters. The molecule has 0 saturated heterocycles. The maximum atomic E-state index is 2.42. The Morgan fingerprint density at radius 2 is 0.906 bits per heavy atom. The van der Waals surface area contributed by atoms with Crippen LogP contribution in [0, 0.1) is 23.7 Å². The molecule has 0 heteroatoms. The number of unbranched alkanes of at least 4 members (excludes halogenated alkanes) is 4. The highest BCUT2D eigenvalue weighted by Crippen LogP contribution is 2.38. The maximum absolute atomic E-state index is 2.42. The second-order valence-corrected chi connectivity index (χ2v) is 11.7. The Balaban J connectivity index is 1.24. The van der Waals surface area contributed by atoms with E-state index in [1.165, 1.54) is 122 Å². The van der Waals surface area contributed by atoms with Crippen LogP contribution >= 0.6 is 0 Å². The average molecular weight is 439 g/mol. The zero-order valence-electron chi connectivity index (χ0n) is 21.8. The van der Waals surface area contributed by atoms with Gasteiger partial charge in [-0.3, -0.25) is 0 Å². The number of aryl methyl sites for hydroxylation is 2. The third-order valence-electron chi connectivity index (χ3n) is 9.05. The van der Waals surface area contributed by atoms with Gasteiger partial charge in [0.15, 0.2) is 0 Å². The molecule has 3 rings (SSSR count). The predicted octanol–water partition coefficient (Wildman–Crippen LogP) is 10.3. The molecule has 32 heavy (non-hydrogen) atoms. The van der Waals surface area contributed by atoms with E-state index in [0.717, 1.165) is 23.7 Å². The first-order chi connectivity index (χ1) is 15.8. The molecule has 182 valence electrons. The van der Waals surface area contributed by atoms with E-state index in [1.54, 1.807) is 17.5 Å². The molecule has 0 N–H and O–H groups in total. The third kappa shape index (κ3) is 9.61. The van der Waals surface area contributed by atoms with Crippen molar-refractivity contribution < 1.29 is 0 Å². The van der Waals surface area contributed by atoms with Crippen molar-refractivity contribution in [3.63, 3.8) is 0 Å². The van der Waals surface area contributed by atoms with E-state index in [9.17, 15) is 0 Å². The Morgan fingerprint density at radius 1 is 0.469 bits per heavy atom. The third-order valence-corrected chi connectivity index (χ3v) is 9.05. The average Bonchev–Trinajstić information content (AvgIpc) is 2.84. The molecule has 2 aliphatic rings. The van der Waals surface area contributed by atoms with Gasteiger partial charge in [0.25, 0.3) is 0 Å². The second-order valence-electron chi connectivity index (χ2n) is 11.7. The largest absolute Gasteiger partial charge is 0.0654 e. The summed E-state index contributed by atoms with van der Waals surface area (Å²) in [6, 6.07) is 9.65.